The lowest BCUT2D eigenvalue weighted by molar-refractivity contribution is -0.116. The van der Waals surface area contributed by atoms with Crippen molar-refractivity contribution in [3.63, 3.8) is 0 Å². The van der Waals surface area contributed by atoms with E-state index in [2.05, 4.69) is 51.7 Å². The zero-order valence-electron chi connectivity index (χ0n) is 13.8. The molecule has 7 heteroatoms. The maximum atomic E-state index is 12.0. The van der Waals surface area contributed by atoms with Gasteiger partial charge in [0.1, 0.15) is 0 Å². The molecule has 2 heterocycles. The van der Waals surface area contributed by atoms with Crippen molar-refractivity contribution in [2.75, 3.05) is 11.1 Å². The van der Waals surface area contributed by atoms with Crippen LogP contribution >= 0.6 is 11.8 Å². The van der Waals surface area contributed by atoms with Crippen LogP contribution in [0.25, 0.3) is 11.5 Å². The number of carbonyl (C=O) groups is 1. The highest BCUT2D eigenvalue weighted by atomic mass is 32.2. The molecule has 3 aromatic rings. The molecule has 0 fully saturated rings. The van der Waals surface area contributed by atoms with Crippen molar-refractivity contribution in [1.82, 2.24) is 15.2 Å². The molecule has 0 radical (unpaired) electrons. The number of amides is 1. The summed E-state index contributed by atoms with van der Waals surface area (Å²) in [5.41, 5.74) is 1.96. The molecule has 0 spiro atoms. The van der Waals surface area contributed by atoms with Gasteiger partial charge in [0.15, 0.2) is 0 Å². The smallest absolute Gasteiger partial charge is 0.322 e. The highest BCUT2D eigenvalue weighted by molar-refractivity contribution is 7.99. The van der Waals surface area contributed by atoms with Gasteiger partial charge in [-0.1, -0.05) is 22.8 Å². The third kappa shape index (κ3) is 5.15. The second kappa shape index (κ2) is 8.43. The van der Waals surface area contributed by atoms with Crippen LogP contribution in [0.2, 0.25) is 0 Å². The molecule has 1 amide bonds. The fourth-order valence-corrected chi connectivity index (χ4v) is 2.97. The van der Waals surface area contributed by atoms with Crippen LogP contribution in [0.1, 0.15) is 18.4 Å². The molecule has 6 nitrogen and oxygen atoms in total. The molecule has 2 aromatic heterocycles. The fourth-order valence-electron chi connectivity index (χ4n) is 2.12. The van der Waals surface area contributed by atoms with Gasteiger partial charge in [-0.25, -0.2) is 0 Å². The fraction of sp³-hybridized carbons (Fsp3) is 0.222. The molecule has 0 bridgehead atoms. The normalized spacial score (nSPS) is 10.6. The monoisotopic (exact) mass is 354 g/mol. The number of hydrogen-bond acceptors (Lipinski definition) is 6. The van der Waals surface area contributed by atoms with Crippen molar-refractivity contribution in [3.8, 4) is 11.5 Å². The molecule has 25 heavy (non-hydrogen) atoms. The molecule has 0 saturated heterocycles. The molecular formula is C18H18N4O2S. The van der Waals surface area contributed by atoms with Crippen molar-refractivity contribution in [2.45, 2.75) is 24.7 Å². The Kier molecular flexibility index (Phi) is 5.79. The largest absolute Gasteiger partial charge is 0.403 e. The second-order valence-corrected chi connectivity index (χ2v) is 6.64. The first-order chi connectivity index (χ1) is 12.2. The number of carbonyl (C=O) groups excluding carboxylic acids is 1. The minimum atomic E-state index is -0.133. The average molecular weight is 354 g/mol. The Morgan fingerprint density at radius 3 is 2.80 bits per heavy atom. The van der Waals surface area contributed by atoms with Gasteiger partial charge in [0.25, 0.3) is 5.89 Å². The second-order valence-electron chi connectivity index (χ2n) is 5.47. The summed E-state index contributed by atoms with van der Waals surface area (Å²) in [6.07, 6.45) is 4.47. The summed E-state index contributed by atoms with van der Waals surface area (Å²) in [5.74, 6) is 1.07. The third-order valence-corrected chi connectivity index (χ3v) is 4.52. The van der Waals surface area contributed by atoms with E-state index in [0.29, 0.717) is 17.9 Å². The topological polar surface area (TPSA) is 80.9 Å². The SMILES string of the molecule is Cc1ccc(SCCCC(=O)Nc2nnc(-c3cccnc3)o2)cc1. The Morgan fingerprint density at radius 2 is 2.04 bits per heavy atom. The molecule has 3 rings (SSSR count). The summed E-state index contributed by atoms with van der Waals surface area (Å²) in [6.45, 7) is 2.07. The van der Waals surface area contributed by atoms with E-state index >= 15 is 0 Å². The average Bonchev–Trinajstić information content (AvgIpc) is 3.09. The number of rotatable bonds is 7. The number of aryl methyl sites for hydroxylation is 1. The first-order valence-corrected chi connectivity index (χ1v) is 8.92. The van der Waals surface area contributed by atoms with Crippen LogP contribution in [0.5, 0.6) is 0 Å². The summed E-state index contributed by atoms with van der Waals surface area (Å²) < 4.78 is 5.43. The molecule has 1 aromatic carbocycles. The molecule has 0 unspecified atom stereocenters. The van der Waals surface area contributed by atoms with Crippen LogP contribution in [0.4, 0.5) is 6.01 Å². The zero-order chi connectivity index (χ0) is 17.5. The molecule has 1 N–H and O–H groups in total. The van der Waals surface area contributed by atoms with E-state index in [9.17, 15) is 4.79 Å². The van der Waals surface area contributed by atoms with Crippen molar-refractivity contribution < 1.29 is 9.21 Å². The maximum Gasteiger partial charge on any atom is 0.322 e. The van der Waals surface area contributed by atoms with Crippen LogP contribution in [-0.2, 0) is 4.79 Å². The van der Waals surface area contributed by atoms with Crippen LogP contribution in [-0.4, -0.2) is 26.8 Å². The minimum absolute atomic E-state index is 0.107. The van der Waals surface area contributed by atoms with Gasteiger partial charge in [-0.3, -0.25) is 15.1 Å². The van der Waals surface area contributed by atoms with Crippen LogP contribution in [0.15, 0.2) is 58.1 Å². The summed E-state index contributed by atoms with van der Waals surface area (Å²) in [6, 6.07) is 12.1. The molecule has 128 valence electrons. The number of nitrogens with zero attached hydrogens (tertiary/aromatic N) is 3. The van der Waals surface area contributed by atoms with E-state index in [-0.39, 0.29) is 11.9 Å². The van der Waals surface area contributed by atoms with E-state index in [1.54, 1.807) is 30.2 Å². The van der Waals surface area contributed by atoms with E-state index < -0.39 is 0 Å². The Hall–Kier alpha value is -2.67. The molecule has 0 aliphatic carbocycles. The van der Waals surface area contributed by atoms with Crippen molar-refractivity contribution in [2.24, 2.45) is 0 Å². The van der Waals surface area contributed by atoms with Gasteiger partial charge in [0.05, 0.1) is 5.56 Å². The number of hydrogen-bond donors (Lipinski definition) is 1. The van der Waals surface area contributed by atoms with Gasteiger partial charge in [-0.2, -0.15) is 0 Å². The third-order valence-electron chi connectivity index (χ3n) is 3.42. The number of aromatic nitrogens is 3. The van der Waals surface area contributed by atoms with Crippen LogP contribution in [0, 0.1) is 6.92 Å². The maximum absolute atomic E-state index is 12.0. The van der Waals surface area contributed by atoms with Crippen molar-refractivity contribution in [1.29, 1.82) is 0 Å². The van der Waals surface area contributed by atoms with Gasteiger partial charge in [-0.05, 0) is 43.4 Å². The number of anilines is 1. The lowest BCUT2D eigenvalue weighted by atomic mass is 10.2. The van der Waals surface area contributed by atoms with Gasteiger partial charge >= 0.3 is 6.01 Å². The quantitative estimate of drug-likeness (QED) is 0.511. The zero-order valence-corrected chi connectivity index (χ0v) is 14.6. The Balaban J connectivity index is 1.42. The molecule has 0 aliphatic heterocycles. The van der Waals surface area contributed by atoms with Crippen LogP contribution in [0.3, 0.4) is 0 Å². The summed E-state index contributed by atoms with van der Waals surface area (Å²) >= 11 is 1.74. The number of benzene rings is 1. The van der Waals surface area contributed by atoms with Gasteiger partial charge < -0.3 is 4.42 Å². The summed E-state index contributed by atoms with van der Waals surface area (Å²) in [4.78, 5) is 17.2. The minimum Gasteiger partial charge on any atom is -0.403 e. The first kappa shape index (κ1) is 17.2. The van der Waals surface area contributed by atoms with Crippen LogP contribution < -0.4 is 5.32 Å². The molecular weight excluding hydrogens is 336 g/mol. The number of thioether (sulfide) groups is 1. The highest BCUT2D eigenvalue weighted by Gasteiger charge is 2.11. The molecule has 0 saturated carbocycles. The Morgan fingerprint density at radius 1 is 1.20 bits per heavy atom. The lowest BCUT2D eigenvalue weighted by Gasteiger charge is -2.02. The van der Waals surface area contributed by atoms with E-state index in [0.717, 1.165) is 12.2 Å². The lowest BCUT2D eigenvalue weighted by Crippen LogP contribution is -2.11. The predicted molar refractivity (Wildman–Crippen MR) is 97.3 cm³/mol. The molecule has 0 atom stereocenters. The van der Waals surface area contributed by atoms with Gasteiger partial charge in [-0.15, -0.1) is 16.9 Å². The Labute approximate surface area is 150 Å². The highest BCUT2D eigenvalue weighted by Crippen LogP contribution is 2.20. The van der Waals surface area contributed by atoms with E-state index in [4.69, 9.17) is 4.42 Å². The van der Waals surface area contributed by atoms with E-state index in [1.165, 1.54) is 10.5 Å². The van der Waals surface area contributed by atoms with Gasteiger partial charge in [0.2, 0.25) is 5.91 Å². The van der Waals surface area contributed by atoms with E-state index in [1.807, 2.05) is 6.07 Å². The molecule has 0 aliphatic rings. The standard InChI is InChI=1S/C18H18N4O2S/c1-13-6-8-15(9-7-13)25-11-3-5-16(23)20-18-22-21-17(24-18)14-4-2-10-19-12-14/h2,4,6-10,12H,3,5,11H2,1H3,(H,20,22,23). The Bertz CT molecular complexity index is 819. The predicted octanol–water partition coefficient (Wildman–Crippen LogP) is 3.95. The van der Waals surface area contributed by atoms with Crippen molar-refractivity contribution in [3.05, 3.63) is 54.4 Å². The summed E-state index contributed by atoms with van der Waals surface area (Å²) in [5, 5.41) is 10.4. The van der Waals surface area contributed by atoms with Crippen molar-refractivity contribution >= 4 is 23.7 Å². The number of nitrogens with one attached hydrogen (secondary N) is 1. The first-order valence-electron chi connectivity index (χ1n) is 7.94. The summed E-state index contributed by atoms with van der Waals surface area (Å²) in [7, 11) is 0. The van der Waals surface area contributed by atoms with Gasteiger partial charge in [0, 0.05) is 23.7 Å². The number of pyridine rings is 1.